The lowest BCUT2D eigenvalue weighted by Gasteiger charge is -2.33. The normalized spacial score (nSPS) is 14.1. The fraction of sp³-hybridized carbons (Fsp3) is 0.588. The van der Waals surface area contributed by atoms with Gasteiger partial charge in [0.25, 0.3) is 0 Å². The van der Waals surface area contributed by atoms with Crippen LogP contribution in [0.25, 0.3) is 0 Å². The predicted molar refractivity (Wildman–Crippen MR) is 86.3 cm³/mol. The van der Waals surface area contributed by atoms with E-state index in [2.05, 4.69) is 45.6 Å². The number of carbonyl (C=O) groups excluding carboxylic acids is 1. The Balaban J connectivity index is 2.34. The van der Waals surface area contributed by atoms with Crippen LogP contribution in [0.3, 0.4) is 0 Å². The van der Waals surface area contributed by atoms with Gasteiger partial charge in [0.2, 0.25) is 5.91 Å². The van der Waals surface area contributed by atoms with Gasteiger partial charge in [0.05, 0.1) is 18.8 Å². The van der Waals surface area contributed by atoms with Crippen LogP contribution < -0.4 is 9.64 Å². The molecule has 4 heteroatoms. The zero-order valence-corrected chi connectivity index (χ0v) is 13.8. The van der Waals surface area contributed by atoms with Crippen LogP contribution in [-0.2, 0) is 4.79 Å². The minimum Gasteiger partial charge on any atom is -0.489 e. The van der Waals surface area contributed by atoms with Crippen LogP contribution in [0.5, 0.6) is 5.75 Å². The van der Waals surface area contributed by atoms with Gasteiger partial charge in [0.15, 0.2) is 0 Å². The Morgan fingerprint density at radius 2 is 1.90 bits per heavy atom. The quantitative estimate of drug-likeness (QED) is 0.854. The number of hydrogen-bond acceptors (Lipinski definition) is 3. The van der Waals surface area contributed by atoms with E-state index >= 15 is 0 Å². The maximum Gasteiger partial charge on any atom is 0.241 e. The average Bonchev–Trinajstić information content (AvgIpc) is 2.49. The first-order valence-electron chi connectivity index (χ1n) is 7.75. The van der Waals surface area contributed by atoms with E-state index in [9.17, 15) is 4.79 Å². The second-order valence-electron chi connectivity index (χ2n) is 5.67. The van der Waals surface area contributed by atoms with Crippen LogP contribution in [0.1, 0.15) is 30.5 Å². The molecule has 0 saturated carbocycles. The lowest BCUT2D eigenvalue weighted by molar-refractivity contribution is -0.119. The summed E-state index contributed by atoms with van der Waals surface area (Å²) in [4.78, 5) is 16.7. The summed E-state index contributed by atoms with van der Waals surface area (Å²) in [6, 6.07) is 2.14. The van der Waals surface area contributed by atoms with E-state index in [0.29, 0.717) is 19.7 Å². The van der Waals surface area contributed by atoms with Crippen molar-refractivity contribution in [2.45, 2.75) is 34.6 Å². The summed E-state index contributed by atoms with van der Waals surface area (Å²) in [5, 5.41) is 0. The molecule has 1 heterocycles. The molecule has 0 unspecified atom stereocenters. The van der Waals surface area contributed by atoms with Crippen LogP contribution in [0.2, 0.25) is 0 Å². The lowest BCUT2D eigenvalue weighted by atomic mass is 10.0. The van der Waals surface area contributed by atoms with Crippen LogP contribution >= 0.6 is 0 Å². The zero-order valence-electron chi connectivity index (χ0n) is 13.8. The van der Waals surface area contributed by atoms with Crippen molar-refractivity contribution in [1.82, 2.24) is 4.90 Å². The summed E-state index contributed by atoms with van der Waals surface area (Å²) in [5.74, 6) is 1.04. The molecule has 116 valence electrons. The minimum atomic E-state index is 0.162. The summed E-state index contributed by atoms with van der Waals surface area (Å²) in [7, 11) is 0. The number of anilines is 1. The molecule has 21 heavy (non-hydrogen) atoms. The maximum atomic E-state index is 12.7. The SMILES string of the molecule is CCN(CC)CC(=O)N1CCOc2c(C)c(C)cc(C)c21. The molecule has 0 atom stereocenters. The van der Waals surface area contributed by atoms with E-state index in [-0.39, 0.29) is 5.91 Å². The van der Waals surface area contributed by atoms with Crippen molar-refractivity contribution in [2.75, 3.05) is 37.7 Å². The first-order valence-corrected chi connectivity index (χ1v) is 7.75. The van der Waals surface area contributed by atoms with Crippen LogP contribution in [0.15, 0.2) is 6.07 Å². The second kappa shape index (κ2) is 6.48. The fourth-order valence-electron chi connectivity index (χ4n) is 2.87. The summed E-state index contributed by atoms with van der Waals surface area (Å²) < 4.78 is 5.85. The molecular formula is C17H26N2O2. The number of hydrogen-bond donors (Lipinski definition) is 0. The van der Waals surface area contributed by atoms with E-state index in [1.807, 2.05) is 4.90 Å². The Kier molecular flexibility index (Phi) is 4.88. The second-order valence-corrected chi connectivity index (χ2v) is 5.67. The Morgan fingerprint density at radius 3 is 2.52 bits per heavy atom. The number of ether oxygens (including phenoxy) is 1. The van der Waals surface area contributed by atoms with E-state index in [4.69, 9.17) is 4.74 Å². The molecule has 1 aromatic carbocycles. The third kappa shape index (κ3) is 3.05. The highest BCUT2D eigenvalue weighted by Crippen LogP contribution is 2.39. The third-order valence-corrected chi connectivity index (χ3v) is 4.34. The third-order valence-electron chi connectivity index (χ3n) is 4.34. The van der Waals surface area contributed by atoms with Crippen LogP contribution in [0.4, 0.5) is 5.69 Å². The highest BCUT2D eigenvalue weighted by Gasteiger charge is 2.28. The van der Waals surface area contributed by atoms with Crippen LogP contribution in [0, 0.1) is 20.8 Å². The smallest absolute Gasteiger partial charge is 0.241 e. The first kappa shape index (κ1) is 15.8. The highest BCUT2D eigenvalue weighted by atomic mass is 16.5. The topological polar surface area (TPSA) is 32.8 Å². The number of rotatable bonds is 4. The standard InChI is InChI=1S/C17H26N2O2/c1-6-18(7-2)11-15(20)19-8-9-21-17-14(5)12(3)10-13(4)16(17)19/h10H,6-9,11H2,1-5H3. The largest absolute Gasteiger partial charge is 0.489 e. The molecule has 0 aromatic heterocycles. The Hall–Kier alpha value is -1.55. The highest BCUT2D eigenvalue weighted by molar-refractivity contribution is 5.98. The van der Waals surface area contributed by atoms with Gasteiger partial charge in [-0.15, -0.1) is 0 Å². The Morgan fingerprint density at radius 1 is 1.24 bits per heavy atom. The molecule has 0 saturated heterocycles. The molecule has 0 spiro atoms. The van der Waals surface area contributed by atoms with Gasteiger partial charge in [-0.1, -0.05) is 19.9 Å². The zero-order chi connectivity index (χ0) is 15.6. The summed E-state index contributed by atoms with van der Waals surface area (Å²) in [6.45, 7) is 13.8. The number of likely N-dealkylation sites (N-methyl/N-ethyl adjacent to an activating group) is 1. The number of fused-ring (bicyclic) bond motifs is 1. The monoisotopic (exact) mass is 290 g/mol. The van der Waals surface area contributed by atoms with Crippen molar-refractivity contribution in [3.63, 3.8) is 0 Å². The fourth-order valence-corrected chi connectivity index (χ4v) is 2.87. The molecule has 0 radical (unpaired) electrons. The number of amides is 1. The van der Waals surface area contributed by atoms with Gasteiger partial charge < -0.3 is 9.64 Å². The molecule has 1 aliphatic heterocycles. The predicted octanol–water partition coefficient (Wildman–Crippen LogP) is 2.68. The van der Waals surface area contributed by atoms with Gasteiger partial charge >= 0.3 is 0 Å². The van der Waals surface area contributed by atoms with E-state index < -0.39 is 0 Å². The summed E-state index contributed by atoms with van der Waals surface area (Å²) >= 11 is 0. The molecule has 2 rings (SSSR count). The van der Waals surface area contributed by atoms with Crippen molar-refractivity contribution in [2.24, 2.45) is 0 Å². The van der Waals surface area contributed by atoms with Crippen LogP contribution in [-0.4, -0.2) is 43.6 Å². The minimum absolute atomic E-state index is 0.162. The van der Waals surface area contributed by atoms with E-state index in [1.54, 1.807) is 0 Å². The van der Waals surface area contributed by atoms with Gasteiger partial charge in [-0.3, -0.25) is 9.69 Å². The average molecular weight is 290 g/mol. The molecule has 1 amide bonds. The lowest BCUT2D eigenvalue weighted by Crippen LogP contribution is -2.44. The molecular weight excluding hydrogens is 264 g/mol. The Labute approximate surface area is 127 Å². The van der Waals surface area contributed by atoms with Crippen molar-refractivity contribution in [3.05, 3.63) is 22.8 Å². The van der Waals surface area contributed by atoms with Gasteiger partial charge in [-0.05, 0) is 50.6 Å². The number of benzene rings is 1. The molecule has 4 nitrogen and oxygen atoms in total. The van der Waals surface area contributed by atoms with Gasteiger partial charge in [0, 0.05) is 0 Å². The Bertz CT molecular complexity index is 536. The van der Waals surface area contributed by atoms with Crippen molar-refractivity contribution >= 4 is 11.6 Å². The van der Waals surface area contributed by atoms with Gasteiger partial charge in [-0.2, -0.15) is 0 Å². The molecule has 0 bridgehead atoms. The van der Waals surface area contributed by atoms with E-state index in [0.717, 1.165) is 35.7 Å². The molecule has 1 aromatic rings. The summed E-state index contributed by atoms with van der Waals surface area (Å²) in [5.41, 5.74) is 4.42. The molecule has 1 aliphatic rings. The van der Waals surface area contributed by atoms with Crippen molar-refractivity contribution < 1.29 is 9.53 Å². The molecule has 0 fully saturated rings. The van der Waals surface area contributed by atoms with Gasteiger partial charge in [-0.25, -0.2) is 0 Å². The van der Waals surface area contributed by atoms with Gasteiger partial charge in [0.1, 0.15) is 12.4 Å². The van der Waals surface area contributed by atoms with E-state index in [1.165, 1.54) is 5.56 Å². The number of carbonyl (C=O) groups is 1. The molecule has 0 aliphatic carbocycles. The number of nitrogens with zero attached hydrogens (tertiary/aromatic N) is 2. The summed E-state index contributed by atoms with van der Waals surface area (Å²) in [6.07, 6.45) is 0. The van der Waals surface area contributed by atoms with Crippen molar-refractivity contribution in [3.8, 4) is 5.75 Å². The van der Waals surface area contributed by atoms with Crippen molar-refractivity contribution in [1.29, 1.82) is 0 Å². The number of aryl methyl sites for hydroxylation is 2. The first-order chi connectivity index (χ1) is 9.99. The maximum absolute atomic E-state index is 12.7. The molecule has 0 N–H and O–H groups in total.